The van der Waals surface area contributed by atoms with Gasteiger partial charge in [0.2, 0.25) is 0 Å². The van der Waals surface area contributed by atoms with Gasteiger partial charge >= 0.3 is 0 Å². The Morgan fingerprint density at radius 3 is 2.80 bits per heavy atom. The molecule has 2 rings (SSSR count). The standard InChI is InChI=1S/C16H24N2O2/c1-4-20-14-9-12(8-13(17)10-14)15(19)18-7-5-6-16(2,3)11-18/h8-10H,4-7,11,17H2,1-3H3. The number of benzene rings is 1. The first-order valence-corrected chi connectivity index (χ1v) is 7.24. The fourth-order valence-electron chi connectivity index (χ4n) is 2.77. The van der Waals surface area contributed by atoms with Crippen molar-refractivity contribution in [1.82, 2.24) is 4.90 Å². The third-order valence-electron chi connectivity index (χ3n) is 3.67. The molecule has 0 atom stereocenters. The monoisotopic (exact) mass is 276 g/mol. The number of carbonyl (C=O) groups is 1. The summed E-state index contributed by atoms with van der Waals surface area (Å²) in [4.78, 5) is 14.5. The fraction of sp³-hybridized carbons (Fsp3) is 0.562. The van der Waals surface area contributed by atoms with E-state index in [0.29, 0.717) is 23.6 Å². The molecule has 1 heterocycles. The predicted octanol–water partition coefficient (Wildman–Crippen LogP) is 2.93. The highest BCUT2D eigenvalue weighted by Gasteiger charge is 2.29. The summed E-state index contributed by atoms with van der Waals surface area (Å²) in [7, 11) is 0. The number of ether oxygens (including phenoxy) is 1. The Morgan fingerprint density at radius 2 is 2.15 bits per heavy atom. The molecule has 1 amide bonds. The van der Waals surface area contributed by atoms with Crippen molar-refractivity contribution in [1.29, 1.82) is 0 Å². The van der Waals surface area contributed by atoms with Crippen molar-refractivity contribution in [2.75, 3.05) is 25.4 Å². The lowest BCUT2D eigenvalue weighted by Crippen LogP contribution is -2.43. The summed E-state index contributed by atoms with van der Waals surface area (Å²) in [6, 6.07) is 5.26. The number of rotatable bonds is 3. The third kappa shape index (κ3) is 3.44. The summed E-state index contributed by atoms with van der Waals surface area (Å²) < 4.78 is 5.46. The van der Waals surface area contributed by atoms with Crippen LogP contribution in [0, 0.1) is 5.41 Å². The van der Waals surface area contributed by atoms with Crippen molar-refractivity contribution in [3.8, 4) is 5.75 Å². The summed E-state index contributed by atoms with van der Waals surface area (Å²) in [5.41, 5.74) is 7.23. The minimum Gasteiger partial charge on any atom is -0.494 e. The first-order valence-electron chi connectivity index (χ1n) is 7.24. The molecule has 4 nitrogen and oxygen atoms in total. The molecule has 1 aliphatic heterocycles. The smallest absolute Gasteiger partial charge is 0.254 e. The Hall–Kier alpha value is -1.71. The average molecular weight is 276 g/mol. The molecule has 1 aromatic rings. The number of nitrogens with two attached hydrogens (primary N) is 1. The van der Waals surface area contributed by atoms with Crippen molar-refractivity contribution >= 4 is 11.6 Å². The minimum atomic E-state index is 0.0472. The topological polar surface area (TPSA) is 55.6 Å². The van der Waals surface area contributed by atoms with Gasteiger partial charge in [-0.3, -0.25) is 4.79 Å². The Morgan fingerprint density at radius 1 is 1.40 bits per heavy atom. The van der Waals surface area contributed by atoms with Crippen LogP contribution in [0.15, 0.2) is 18.2 Å². The van der Waals surface area contributed by atoms with Gasteiger partial charge in [-0.2, -0.15) is 0 Å². The summed E-state index contributed by atoms with van der Waals surface area (Å²) in [5, 5.41) is 0. The second kappa shape index (κ2) is 5.73. The average Bonchev–Trinajstić information content (AvgIpc) is 2.36. The van der Waals surface area contributed by atoms with E-state index in [-0.39, 0.29) is 11.3 Å². The molecule has 1 fully saturated rings. The quantitative estimate of drug-likeness (QED) is 0.864. The summed E-state index contributed by atoms with van der Waals surface area (Å²) in [6.07, 6.45) is 2.22. The SMILES string of the molecule is CCOc1cc(N)cc(C(=O)N2CCCC(C)(C)C2)c1. The van der Waals surface area contributed by atoms with Crippen LogP contribution in [0.2, 0.25) is 0 Å². The second-order valence-electron chi connectivity index (χ2n) is 6.22. The molecule has 20 heavy (non-hydrogen) atoms. The largest absolute Gasteiger partial charge is 0.494 e. The van der Waals surface area contributed by atoms with E-state index in [0.717, 1.165) is 25.9 Å². The summed E-state index contributed by atoms with van der Waals surface area (Å²) >= 11 is 0. The van der Waals surface area contributed by atoms with E-state index in [9.17, 15) is 4.79 Å². The number of amides is 1. The van der Waals surface area contributed by atoms with Crippen LogP contribution >= 0.6 is 0 Å². The van der Waals surface area contributed by atoms with Gasteiger partial charge in [-0.05, 0) is 37.3 Å². The van der Waals surface area contributed by atoms with Crippen LogP contribution in [-0.2, 0) is 0 Å². The normalized spacial score (nSPS) is 17.9. The number of nitrogens with zero attached hydrogens (tertiary/aromatic N) is 1. The number of hydrogen-bond donors (Lipinski definition) is 1. The highest BCUT2D eigenvalue weighted by molar-refractivity contribution is 5.95. The highest BCUT2D eigenvalue weighted by Crippen LogP contribution is 2.30. The summed E-state index contributed by atoms with van der Waals surface area (Å²) in [5.74, 6) is 0.707. The van der Waals surface area contributed by atoms with E-state index >= 15 is 0 Å². The van der Waals surface area contributed by atoms with Gasteiger partial charge in [0, 0.05) is 30.4 Å². The molecule has 0 aromatic heterocycles. The van der Waals surface area contributed by atoms with E-state index in [1.54, 1.807) is 18.2 Å². The zero-order chi connectivity index (χ0) is 14.8. The molecule has 0 radical (unpaired) electrons. The van der Waals surface area contributed by atoms with Gasteiger partial charge in [-0.25, -0.2) is 0 Å². The molecule has 2 N–H and O–H groups in total. The number of likely N-dealkylation sites (tertiary alicyclic amines) is 1. The van der Waals surface area contributed by atoms with Crippen molar-refractivity contribution in [3.63, 3.8) is 0 Å². The van der Waals surface area contributed by atoms with Crippen molar-refractivity contribution in [2.24, 2.45) is 5.41 Å². The van der Waals surface area contributed by atoms with Crippen LogP contribution in [0.5, 0.6) is 5.75 Å². The fourth-order valence-corrected chi connectivity index (χ4v) is 2.77. The molecule has 0 unspecified atom stereocenters. The van der Waals surface area contributed by atoms with Crippen LogP contribution < -0.4 is 10.5 Å². The molecule has 110 valence electrons. The number of hydrogen-bond acceptors (Lipinski definition) is 3. The molecule has 4 heteroatoms. The molecule has 0 bridgehead atoms. The minimum absolute atomic E-state index is 0.0472. The lowest BCUT2D eigenvalue weighted by Gasteiger charge is -2.38. The van der Waals surface area contributed by atoms with Gasteiger partial charge in [-0.1, -0.05) is 13.8 Å². The maximum Gasteiger partial charge on any atom is 0.254 e. The second-order valence-corrected chi connectivity index (χ2v) is 6.22. The van der Waals surface area contributed by atoms with E-state index < -0.39 is 0 Å². The van der Waals surface area contributed by atoms with Gasteiger partial charge in [0.15, 0.2) is 0 Å². The number of nitrogen functional groups attached to an aromatic ring is 1. The van der Waals surface area contributed by atoms with Gasteiger partial charge < -0.3 is 15.4 Å². The van der Waals surface area contributed by atoms with Crippen LogP contribution in [-0.4, -0.2) is 30.5 Å². The van der Waals surface area contributed by atoms with Gasteiger partial charge in [0.25, 0.3) is 5.91 Å². The van der Waals surface area contributed by atoms with Crippen LogP contribution in [0.3, 0.4) is 0 Å². The third-order valence-corrected chi connectivity index (χ3v) is 3.67. The zero-order valence-corrected chi connectivity index (χ0v) is 12.6. The molecule has 0 spiro atoms. The van der Waals surface area contributed by atoms with Gasteiger partial charge in [0.05, 0.1) is 6.61 Å². The molecule has 1 saturated heterocycles. The first kappa shape index (κ1) is 14.7. The predicted molar refractivity (Wildman–Crippen MR) is 80.9 cm³/mol. The zero-order valence-electron chi connectivity index (χ0n) is 12.6. The highest BCUT2D eigenvalue weighted by atomic mass is 16.5. The van der Waals surface area contributed by atoms with E-state index in [4.69, 9.17) is 10.5 Å². The Labute approximate surface area is 120 Å². The first-order chi connectivity index (χ1) is 9.41. The maximum absolute atomic E-state index is 12.6. The lowest BCUT2D eigenvalue weighted by atomic mass is 9.84. The maximum atomic E-state index is 12.6. The molecular weight excluding hydrogens is 252 g/mol. The Bertz CT molecular complexity index is 497. The van der Waals surface area contributed by atoms with Crippen LogP contribution in [0.1, 0.15) is 44.0 Å². The van der Waals surface area contributed by atoms with Crippen molar-refractivity contribution < 1.29 is 9.53 Å². The van der Waals surface area contributed by atoms with Crippen molar-refractivity contribution in [2.45, 2.75) is 33.6 Å². The van der Waals surface area contributed by atoms with E-state index in [2.05, 4.69) is 13.8 Å². The molecule has 1 aliphatic rings. The van der Waals surface area contributed by atoms with E-state index in [1.807, 2.05) is 11.8 Å². The Kier molecular flexibility index (Phi) is 4.21. The van der Waals surface area contributed by atoms with Gasteiger partial charge in [-0.15, -0.1) is 0 Å². The molecular formula is C16H24N2O2. The van der Waals surface area contributed by atoms with Crippen molar-refractivity contribution in [3.05, 3.63) is 23.8 Å². The van der Waals surface area contributed by atoms with Crippen LogP contribution in [0.4, 0.5) is 5.69 Å². The Balaban J connectivity index is 2.20. The number of anilines is 1. The lowest BCUT2D eigenvalue weighted by molar-refractivity contribution is 0.0583. The molecule has 0 aliphatic carbocycles. The molecule has 1 aromatic carbocycles. The number of carbonyl (C=O) groups excluding carboxylic acids is 1. The van der Waals surface area contributed by atoms with Gasteiger partial charge in [0.1, 0.15) is 5.75 Å². The summed E-state index contributed by atoms with van der Waals surface area (Å²) in [6.45, 7) is 8.51. The van der Waals surface area contributed by atoms with E-state index in [1.165, 1.54) is 0 Å². The van der Waals surface area contributed by atoms with Crippen LogP contribution in [0.25, 0.3) is 0 Å². The number of piperidine rings is 1. The molecule has 0 saturated carbocycles.